The Kier molecular flexibility index (Phi) is 4.75. The normalized spacial score (nSPS) is 10.4. The van der Waals surface area contributed by atoms with E-state index in [9.17, 15) is 4.79 Å². The third-order valence-corrected chi connectivity index (χ3v) is 4.11. The molecule has 3 rings (SSSR count). The van der Waals surface area contributed by atoms with Crippen molar-refractivity contribution < 1.29 is 9.53 Å². The number of anilines is 1. The third-order valence-electron chi connectivity index (χ3n) is 4.11. The van der Waals surface area contributed by atoms with Gasteiger partial charge < -0.3 is 4.74 Å². The summed E-state index contributed by atoms with van der Waals surface area (Å²) < 4.78 is 5.45. The highest BCUT2D eigenvalue weighted by atomic mass is 16.6. The first-order chi connectivity index (χ1) is 12.0. The van der Waals surface area contributed by atoms with E-state index in [1.807, 2.05) is 44.2 Å². The van der Waals surface area contributed by atoms with Crippen LogP contribution in [0.1, 0.15) is 11.1 Å². The Morgan fingerprint density at radius 3 is 2.24 bits per heavy atom. The first-order valence-electron chi connectivity index (χ1n) is 7.93. The van der Waals surface area contributed by atoms with Crippen molar-refractivity contribution in [3.8, 4) is 16.9 Å². The second-order valence-electron chi connectivity index (χ2n) is 5.85. The zero-order chi connectivity index (χ0) is 17.8. The van der Waals surface area contributed by atoms with Crippen molar-refractivity contribution in [1.29, 1.82) is 0 Å². The molecule has 3 aromatic rings. The molecule has 0 radical (unpaired) electrons. The van der Waals surface area contributed by atoms with Gasteiger partial charge in [0.15, 0.2) is 0 Å². The lowest BCUT2D eigenvalue weighted by Gasteiger charge is -2.18. The summed E-state index contributed by atoms with van der Waals surface area (Å²) in [5.41, 5.74) is 4.99. The van der Waals surface area contributed by atoms with E-state index in [0.29, 0.717) is 5.75 Å². The Bertz CT molecular complexity index is 877. The maximum absolute atomic E-state index is 12.3. The van der Waals surface area contributed by atoms with E-state index in [0.717, 1.165) is 22.4 Å². The molecule has 0 saturated carbocycles. The molecule has 0 aliphatic rings. The van der Waals surface area contributed by atoms with Crippen LogP contribution < -0.4 is 9.64 Å². The van der Waals surface area contributed by atoms with E-state index < -0.39 is 6.09 Å². The van der Waals surface area contributed by atoms with Crippen molar-refractivity contribution in [2.45, 2.75) is 13.8 Å². The van der Waals surface area contributed by atoms with Crippen LogP contribution in [-0.4, -0.2) is 23.1 Å². The van der Waals surface area contributed by atoms with Crippen LogP contribution >= 0.6 is 0 Å². The van der Waals surface area contributed by atoms with Gasteiger partial charge in [-0.15, -0.1) is 0 Å². The number of ether oxygens (including phenoxy) is 1. The molecule has 0 saturated heterocycles. The fourth-order valence-electron chi connectivity index (χ4n) is 2.37. The number of carbonyl (C=O) groups excluding carboxylic acids is 1. The predicted molar refractivity (Wildman–Crippen MR) is 97.8 cm³/mol. The van der Waals surface area contributed by atoms with Crippen LogP contribution in [0.3, 0.4) is 0 Å². The van der Waals surface area contributed by atoms with Gasteiger partial charge in [-0.05, 0) is 54.8 Å². The average Bonchev–Trinajstić information content (AvgIpc) is 2.64. The molecule has 0 atom stereocenters. The largest absolute Gasteiger partial charge is 0.419 e. The van der Waals surface area contributed by atoms with Gasteiger partial charge in [0.2, 0.25) is 0 Å². The van der Waals surface area contributed by atoms with E-state index in [2.05, 4.69) is 9.97 Å². The van der Waals surface area contributed by atoms with E-state index in [1.54, 1.807) is 31.6 Å². The summed E-state index contributed by atoms with van der Waals surface area (Å²) in [5.74, 6) is 0.487. The van der Waals surface area contributed by atoms with Crippen molar-refractivity contribution >= 4 is 11.8 Å². The fraction of sp³-hybridized carbons (Fsp3) is 0.150. The van der Waals surface area contributed by atoms with Gasteiger partial charge >= 0.3 is 6.09 Å². The van der Waals surface area contributed by atoms with Crippen LogP contribution in [-0.2, 0) is 0 Å². The summed E-state index contributed by atoms with van der Waals surface area (Å²) in [6.45, 7) is 4.06. The van der Waals surface area contributed by atoms with Crippen LogP contribution in [0, 0.1) is 13.8 Å². The summed E-state index contributed by atoms with van der Waals surface area (Å²) in [6.07, 6.45) is 4.53. The number of hydrogen-bond donors (Lipinski definition) is 0. The maximum atomic E-state index is 12.3. The Balaban J connectivity index is 1.71. The minimum absolute atomic E-state index is 0.431. The van der Waals surface area contributed by atoms with Gasteiger partial charge in [-0.1, -0.05) is 18.2 Å². The minimum atomic E-state index is -0.431. The predicted octanol–water partition coefficient (Wildman–Crippen LogP) is 4.40. The van der Waals surface area contributed by atoms with Crippen LogP contribution in [0.5, 0.6) is 5.75 Å². The Morgan fingerprint density at radius 1 is 0.920 bits per heavy atom. The number of carbonyl (C=O) groups is 1. The number of rotatable bonds is 3. The highest BCUT2D eigenvalue weighted by Gasteiger charge is 2.14. The first-order valence-corrected chi connectivity index (χ1v) is 7.93. The third kappa shape index (κ3) is 3.83. The Morgan fingerprint density at radius 2 is 1.60 bits per heavy atom. The van der Waals surface area contributed by atoms with E-state index in [4.69, 9.17) is 4.74 Å². The highest BCUT2D eigenvalue weighted by Crippen LogP contribution is 2.23. The molecule has 0 N–H and O–H groups in total. The second kappa shape index (κ2) is 7.13. The topological polar surface area (TPSA) is 55.3 Å². The van der Waals surface area contributed by atoms with Gasteiger partial charge in [-0.3, -0.25) is 4.90 Å². The summed E-state index contributed by atoms with van der Waals surface area (Å²) >= 11 is 0. The smallest absolute Gasteiger partial charge is 0.410 e. The molecular weight excluding hydrogens is 314 g/mol. The van der Waals surface area contributed by atoms with Gasteiger partial charge in [0.1, 0.15) is 12.1 Å². The number of aryl methyl sites for hydroxylation is 2. The van der Waals surface area contributed by atoms with Gasteiger partial charge in [0.05, 0.1) is 0 Å². The lowest BCUT2D eigenvalue weighted by Crippen LogP contribution is -2.29. The number of hydrogen-bond acceptors (Lipinski definition) is 4. The molecule has 0 unspecified atom stereocenters. The molecule has 2 aromatic carbocycles. The maximum Gasteiger partial charge on any atom is 0.419 e. The molecule has 1 aromatic heterocycles. The van der Waals surface area contributed by atoms with Crippen molar-refractivity contribution in [2.75, 3.05) is 11.9 Å². The molecule has 0 spiro atoms. The van der Waals surface area contributed by atoms with Crippen LogP contribution in [0.15, 0.2) is 61.2 Å². The van der Waals surface area contributed by atoms with Gasteiger partial charge in [-0.25, -0.2) is 14.8 Å². The molecular formula is C20H19N3O2. The molecule has 0 fully saturated rings. The standard InChI is InChI=1S/C20H19N3O2/c1-14-4-7-18(10-15(14)2)23(3)20(24)25-19-8-5-16(6-9-19)17-11-21-13-22-12-17/h4-13H,1-3H3. The molecule has 25 heavy (non-hydrogen) atoms. The number of amides is 1. The molecule has 126 valence electrons. The molecule has 0 aliphatic carbocycles. The fourth-order valence-corrected chi connectivity index (χ4v) is 2.37. The number of aromatic nitrogens is 2. The lowest BCUT2D eigenvalue weighted by molar-refractivity contribution is 0.209. The van der Waals surface area contributed by atoms with Crippen molar-refractivity contribution in [2.24, 2.45) is 0 Å². The van der Waals surface area contributed by atoms with E-state index in [-0.39, 0.29) is 0 Å². The van der Waals surface area contributed by atoms with Gasteiger partial charge in [0, 0.05) is 30.7 Å². The average molecular weight is 333 g/mol. The highest BCUT2D eigenvalue weighted by molar-refractivity contribution is 5.88. The van der Waals surface area contributed by atoms with Crippen molar-refractivity contribution in [1.82, 2.24) is 9.97 Å². The molecule has 0 aliphatic heterocycles. The van der Waals surface area contributed by atoms with Crippen LogP contribution in [0.4, 0.5) is 10.5 Å². The number of benzene rings is 2. The zero-order valence-corrected chi connectivity index (χ0v) is 14.4. The Labute approximate surface area is 146 Å². The minimum Gasteiger partial charge on any atom is -0.410 e. The molecule has 1 heterocycles. The Hall–Kier alpha value is -3.21. The van der Waals surface area contributed by atoms with Crippen molar-refractivity contribution in [3.05, 3.63) is 72.3 Å². The molecule has 5 heteroatoms. The zero-order valence-electron chi connectivity index (χ0n) is 14.4. The summed E-state index contributed by atoms with van der Waals surface area (Å²) in [5, 5.41) is 0. The van der Waals surface area contributed by atoms with Crippen molar-refractivity contribution in [3.63, 3.8) is 0 Å². The molecule has 1 amide bonds. The SMILES string of the molecule is Cc1ccc(N(C)C(=O)Oc2ccc(-c3cncnc3)cc2)cc1C. The van der Waals surface area contributed by atoms with E-state index >= 15 is 0 Å². The molecule has 5 nitrogen and oxygen atoms in total. The van der Waals surface area contributed by atoms with E-state index in [1.165, 1.54) is 16.8 Å². The summed E-state index contributed by atoms with van der Waals surface area (Å²) in [6, 6.07) is 13.1. The quantitative estimate of drug-likeness (QED) is 0.713. The van der Waals surface area contributed by atoms with Crippen LogP contribution in [0.25, 0.3) is 11.1 Å². The molecule has 0 bridgehead atoms. The van der Waals surface area contributed by atoms with Gasteiger partial charge in [-0.2, -0.15) is 0 Å². The monoisotopic (exact) mass is 333 g/mol. The summed E-state index contributed by atoms with van der Waals surface area (Å²) in [7, 11) is 1.70. The van der Waals surface area contributed by atoms with Gasteiger partial charge in [0.25, 0.3) is 0 Å². The second-order valence-corrected chi connectivity index (χ2v) is 5.85. The number of nitrogens with zero attached hydrogens (tertiary/aromatic N) is 3. The first kappa shape index (κ1) is 16.6. The summed E-state index contributed by atoms with van der Waals surface area (Å²) in [4.78, 5) is 21.8. The van der Waals surface area contributed by atoms with Crippen LogP contribution in [0.2, 0.25) is 0 Å². The lowest BCUT2D eigenvalue weighted by atomic mass is 10.1.